The van der Waals surface area contributed by atoms with Crippen LogP contribution in [0.4, 0.5) is 8.78 Å². The molecule has 0 bridgehead atoms. The van der Waals surface area contributed by atoms with E-state index in [-0.39, 0.29) is 19.0 Å². The fraction of sp³-hybridized carbons (Fsp3) is 0.684. The molecule has 1 aromatic rings. The van der Waals surface area contributed by atoms with Crippen LogP contribution in [0.1, 0.15) is 38.5 Å². The van der Waals surface area contributed by atoms with Gasteiger partial charge in [-0.2, -0.15) is 0 Å². The van der Waals surface area contributed by atoms with E-state index in [2.05, 4.69) is 4.90 Å². The van der Waals surface area contributed by atoms with Gasteiger partial charge < -0.3 is 14.6 Å². The number of benzene rings is 1. The molecule has 1 heterocycles. The summed E-state index contributed by atoms with van der Waals surface area (Å²) >= 11 is 0. The second-order valence-corrected chi connectivity index (χ2v) is 7.29. The molecule has 25 heavy (non-hydrogen) atoms. The largest absolute Gasteiger partial charge is 0.490 e. The topological polar surface area (TPSA) is 41.9 Å². The molecule has 1 aliphatic heterocycles. The predicted octanol–water partition coefficient (Wildman–Crippen LogP) is 3.13. The molecule has 4 nitrogen and oxygen atoms in total. The smallest absolute Gasteiger partial charge is 0.134 e. The Hall–Kier alpha value is -1.24. The monoisotopic (exact) mass is 355 g/mol. The fourth-order valence-corrected chi connectivity index (χ4v) is 3.80. The lowest BCUT2D eigenvalue weighted by Gasteiger charge is -2.35. The summed E-state index contributed by atoms with van der Waals surface area (Å²) in [5.41, 5.74) is -1.19. The summed E-state index contributed by atoms with van der Waals surface area (Å²) in [5, 5.41) is 10.9. The van der Waals surface area contributed by atoms with Crippen molar-refractivity contribution < 1.29 is 23.4 Å². The van der Waals surface area contributed by atoms with Crippen LogP contribution in [0.5, 0.6) is 5.75 Å². The zero-order chi connectivity index (χ0) is 17.7. The second-order valence-electron chi connectivity index (χ2n) is 7.29. The van der Waals surface area contributed by atoms with E-state index in [9.17, 15) is 13.9 Å². The van der Waals surface area contributed by atoms with Gasteiger partial charge in [0.15, 0.2) is 0 Å². The summed E-state index contributed by atoms with van der Waals surface area (Å²) < 4.78 is 37.6. The summed E-state index contributed by atoms with van der Waals surface area (Å²) in [6, 6.07) is 3.49. The van der Waals surface area contributed by atoms with Gasteiger partial charge in [0.2, 0.25) is 0 Å². The van der Waals surface area contributed by atoms with E-state index in [1.165, 1.54) is 25.7 Å². The summed E-state index contributed by atoms with van der Waals surface area (Å²) in [7, 11) is 0. The van der Waals surface area contributed by atoms with Crippen molar-refractivity contribution in [3.63, 3.8) is 0 Å². The van der Waals surface area contributed by atoms with Crippen molar-refractivity contribution in [1.29, 1.82) is 0 Å². The molecular weight excluding hydrogens is 328 g/mol. The molecule has 0 unspecified atom stereocenters. The first kappa shape index (κ1) is 18.5. The van der Waals surface area contributed by atoms with Crippen LogP contribution in [-0.2, 0) is 4.74 Å². The second kappa shape index (κ2) is 8.43. The Morgan fingerprint density at radius 2 is 1.80 bits per heavy atom. The maximum absolute atomic E-state index is 13.3. The van der Waals surface area contributed by atoms with Gasteiger partial charge in [-0.3, -0.25) is 4.90 Å². The molecule has 0 spiro atoms. The van der Waals surface area contributed by atoms with E-state index in [1.54, 1.807) is 0 Å². The van der Waals surface area contributed by atoms with Crippen LogP contribution < -0.4 is 4.74 Å². The number of halogens is 2. The number of hydrogen-bond acceptors (Lipinski definition) is 4. The summed E-state index contributed by atoms with van der Waals surface area (Å²) in [4.78, 5) is 2.30. The number of β-amino-alcohol motifs (C(OH)–C–C–N with tert-alkyl or cyclic N) is 1. The van der Waals surface area contributed by atoms with Crippen LogP contribution in [0.3, 0.4) is 0 Å². The van der Waals surface area contributed by atoms with Gasteiger partial charge in [-0.05, 0) is 12.8 Å². The quantitative estimate of drug-likeness (QED) is 0.843. The minimum Gasteiger partial charge on any atom is -0.490 e. The molecule has 6 heteroatoms. The van der Waals surface area contributed by atoms with Gasteiger partial charge in [0.25, 0.3) is 0 Å². The van der Waals surface area contributed by atoms with E-state index in [1.807, 2.05) is 0 Å². The first-order valence-corrected chi connectivity index (χ1v) is 9.17. The van der Waals surface area contributed by atoms with Crippen molar-refractivity contribution >= 4 is 0 Å². The summed E-state index contributed by atoms with van der Waals surface area (Å²) in [6.45, 7) is 1.93. The molecule has 1 saturated heterocycles. The Bertz CT molecular complexity index is 543. The average molecular weight is 355 g/mol. The highest BCUT2D eigenvalue weighted by molar-refractivity contribution is 5.24. The lowest BCUT2D eigenvalue weighted by molar-refractivity contribution is -0.0676. The Labute approximate surface area is 147 Å². The van der Waals surface area contributed by atoms with E-state index in [4.69, 9.17) is 9.47 Å². The van der Waals surface area contributed by atoms with Crippen molar-refractivity contribution in [2.45, 2.75) is 50.2 Å². The zero-order valence-corrected chi connectivity index (χ0v) is 14.6. The highest BCUT2D eigenvalue weighted by Crippen LogP contribution is 2.25. The lowest BCUT2D eigenvalue weighted by atomic mass is 10.0. The van der Waals surface area contributed by atoms with E-state index >= 15 is 0 Å². The van der Waals surface area contributed by atoms with Crippen molar-refractivity contribution in [3.8, 4) is 5.75 Å². The molecule has 3 rings (SSSR count). The molecular formula is C19H27F2NO3. The van der Waals surface area contributed by atoms with Crippen molar-refractivity contribution in [1.82, 2.24) is 4.90 Å². The minimum atomic E-state index is -1.19. The summed E-state index contributed by atoms with van der Waals surface area (Å²) in [5.74, 6) is -1.31. The predicted molar refractivity (Wildman–Crippen MR) is 90.7 cm³/mol. The Balaban J connectivity index is 1.63. The van der Waals surface area contributed by atoms with Crippen molar-refractivity contribution in [2.24, 2.45) is 0 Å². The number of aliphatic hydroxyl groups is 1. The van der Waals surface area contributed by atoms with Crippen LogP contribution in [0.15, 0.2) is 18.2 Å². The van der Waals surface area contributed by atoms with Gasteiger partial charge in [0.05, 0.1) is 13.2 Å². The number of ether oxygens (including phenoxy) is 2. The van der Waals surface area contributed by atoms with Gasteiger partial charge in [0, 0.05) is 37.3 Å². The molecule has 1 saturated carbocycles. The van der Waals surface area contributed by atoms with E-state index in [0.29, 0.717) is 19.2 Å². The first-order valence-electron chi connectivity index (χ1n) is 9.17. The van der Waals surface area contributed by atoms with Gasteiger partial charge in [-0.1, -0.05) is 25.7 Å². The van der Waals surface area contributed by atoms with Crippen LogP contribution in [0.25, 0.3) is 0 Å². The first-order chi connectivity index (χ1) is 12.0. The van der Waals surface area contributed by atoms with Crippen LogP contribution in [-0.4, -0.2) is 54.6 Å². The highest BCUT2D eigenvalue weighted by Gasteiger charge is 2.36. The molecule has 1 N–H and O–H groups in total. The molecule has 1 aliphatic carbocycles. The average Bonchev–Trinajstić information content (AvgIpc) is 2.93. The number of rotatable bonds is 4. The Morgan fingerprint density at radius 1 is 1.12 bits per heavy atom. The van der Waals surface area contributed by atoms with Crippen molar-refractivity contribution in [2.75, 3.05) is 32.9 Å². The fourth-order valence-electron chi connectivity index (χ4n) is 3.80. The Kier molecular flexibility index (Phi) is 6.25. The van der Waals surface area contributed by atoms with Crippen LogP contribution >= 0.6 is 0 Å². The zero-order valence-electron chi connectivity index (χ0n) is 14.6. The number of hydrogen-bond donors (Lipinski definition) is 1. The molecule has 0 radical (unpaired) electrons. The third kappa shape index (κ3) is 5.36. The molecule has 2 fully saturated rings. The molecule has 1 atom stereocenters. The molecule has 0 aromatic heterocycles. The molecule has 140 valence electrons. The summed E-state index contributed by atoms with van der Waals surface area (Å²) in [6.07, 6.45) is 7.29. The van der Waals surface area contributed by atoms with Crippen LogP contribution in [0.2, 0.25) is 0 Å². The Morgan fingerprint density at radius 3 is 2.48 bits per heavy atom. The van der Waals surface area contributed by atoms with Crippen LogP contribution in [0, 0.1) is 11.6 Å². The maximum atomic E-state index is 13.3. The number of nitrogens with zero attached hydrogens (tertiary/aromatic N) is 1. The molecule has 2 aliphatic rings. The minimum absolute atomic E-state index is 0.0564. The maximum Gasteiger partial charge on any atom is 0.134 e. The van der Waals surface area contributed by atoms with Gasteiger partial charge in [-0.15, -0.1) is 0 Å². The van der Waals surface area contributed by atoms with Gasteiger partial charge >= 0.3 is 0 Å². The third-order valence-corrected chi connectivity index (χ3v) is 5.08. The van der Waals surface area contributed by atoms with Gasteiger partial charge in [-0.25, -0.2) is 8.78 Å². The lowest BCUT2D eigenvalue weighted by Crippen LogP contribution is -2.51. The van der Waals surface area contributed by atoms with E-state index in [0.717, 1.165) is 37.6 Å². The van der Waals surface area contributed by atoms with Crippen molar-refractivity contribution in [3.05, 3.63) is 29.8 Å². The van der Waals surface area contributed by atoms with Gasteiger partial charge in [0.1, 0.15) is 29.6 Å². The molecule has 1 aromatic carbocycles. The van der Waals surface area contributed by atoms with E-state index < -0.39 is 17.2 Å². The third-order valence-electron chi connectivity index (χ3n) is 5.08. The normalized spacial score (nSPS) is 26.8. The SMILES string of the molecule is O[C@@]1(COc2cc(F)cc(F)c2)COCCN(C2CCCCCC2)C1. The molecule has 0 amide bonds. The standard InChI is InChI=1S/C19H27F2NO3/c20-15-9-16(21)11-18(10-15)25-14-19(23)12-22(7-8-24-13-19)17-5-3-1-2-4-6-17/h9-11,17,23H,1-8,12-14H2/t19-/m1/s1. The highest BCUT2D eigenvalue weighted by atomic mass is 19.1.